The minimum Gasteiger partial charge on any atom is -0.497 e. The maximum Gasteiger partial charge on any atom is 0.191 e. The Hall–Kier alpha value is -2.11. The highest BCUT2D eigenvalue weighted by atomic mass is 127. The number of aliphatic imine (C=N–C) groups is 1. The average molecular weight is 541 g/mol. The molecule has 0 bridgehead atoms. The van der Waals surface area contributed by atoms with Gasteiger partial charge in [0.25, 0.3) is 0 Å². The quantitative estimate of drug-likeness (QED) is 0.218. The molecule has 1 unspecified atom stereocenters. The van der Waals surface area contributed by atoms with Crippen molar-refractivity contribution in [3.05, 3.63) is 54.4 Å². The topological polar surface area (TPSA) is 80.2 Å². The van der Waals surface area contributed by atoms with Crippen LogP contribution in [0.1, 0.15) is 11.6 Å². The van der Waals surface area contributed by atoms with E-state index in [0.29, 0.717) is 13.2 Å². The van der Waals surface area contributed by atoms with Crippen molar-refractivity contribution in [1.29, 1.82) is 0 Å². The number of nitrogens with zero attached hydrogens (tertiary/aromatic N) is 3. The van der Waals surface area contributed by atoms with Crippen LogP contribution in [-0.4, -0.2) is 76.0 Å². The van der Waals surface area contributed by atoms with Crippen molar-refractivity contribution in [1.82, 2.24) is 20.5 Å². The van der Waals surface area contributed by atoms with Crippen molar-refractivity contribution in [2.24, 2.45) is 4.99 Å². The van der Waals surface area contributed by atoms with E-state index in [1.165, 1.54) is 5.56 Å². The molecule has 1 atom stereocenters. The summed E-state index contributed by atoms with van der Waals surface area (Å²) < 4.78 is 16.5. The van der Waals surface area contributed by atoms with Gasteiger partial charge in [-0.25, -0.2) is 0 Å². The summed E-state index contributed by atoms with van der Waals surface area (Å²) >= 11 is 0. The number of nitrogens with one attached hydrogen (secondary N) is 2. The second kappa shape index (κ2) is 14.0. The molecule has 2 aromatic rings. The molecule has 0 amide bonds. The van der Waals surface area contributed by atoms with Crippen LogP contribution in [0.3, 0.4) is 0 Å². The van der Waals surface area contributed by atoms with Crippen LogP contribution >= 0.6 is 24.0 Å². The summed E-state index contributed by atoms with van der Waals surface area (Å²) in [5, 5.41) is 6.75. The first-order chi connectivity index (χ1) is 14.8. The molecule has 1 aliphatic rings. The number of guanidine groups is 1. The molecule has 0 radical (unpaired) electrons. The smallest absolute Gasteiger partial charge is 0.191 e. The number of morpholine rings is 1. The van der Waals surface area contributed by atoms with E-state index in [4.69, 9.17) is 14.2 Å². The standard InChI is InChI=1S/C22H31N5O3.HI/c1-23-22(25-10-13-30-20-4-3-9-24-16-20)26-17-21(27-11-14-29-15-12-27)18-5-7-19(28-2)8-6-18;/h3-9,16,21H,10-15,17H2,1-2H3,(H2,23,25,26);1H. The van der Waals surface area contributed by atoms with Crippen LogP contribution in [0.5, 0.6) is 11.5 Å². The second-order valence-corrected chi connectivity index (χ2v) is 6.85. The molecule has 1 fully saturated rings. The summed E-state index contributed by atoms with van der Waals surface area (Å²) in [5.41, 5.74) is 1.24. The van der Waals surface area contributed by atoms with Gasteiger partial charge in [-0.05, 0) is 29.8 Å². The molecule has 1 saturated heterocycles. The zero-order valence-electron chi connectivity index (χ0n) is 18.1. The van der Waals surface area contributed by atoms with E-state index >= 15 is 0 Å². The van der Waals surface area contributed by atoms with Gasteiger partial charge in [0.05, 0.1) is 39.1 Å². The van der Waals surface area contributed by atoms with Crippen LogP contribution < -0.4 is 20.1 Å². The molecule has 170 valence electrons. The molecule has 31 heavy (non-hydrogen) atoms. The van der Waals surface area contributed by atoms with E-state index in [1.54, 1.807) is 26.6 Å². The third-order valence-electron chi connectivity index (χ3n) is 4.97. The number of aromatic nitrogens is 1. The number of pyridine rings is 1. The SMILES string of the molecule is CN=C(NCCOc1cccnc1)NCC(c1ccc(OC)cc1)N1CCOCC1.I. The number of hydrogen-bond acceptors (Lipinski definition) is 6. The van der Waals surface area contributed by atoms with Gasteiger partial charge >= 0.3 is 0 Å². The lowest BCUT2D eigenvalue weighted by atomic mass is 10.0. The highest BCUT2D eigenvalue weighted by Crippen LogP contribution is 2.23. The Bertz CT molecular complexity index is 770. The second-order valence-electron chi connectivity index (χ2n) is 6.85. The van der Waals surface area contributed by atoms with Crippen LogP contribution in [0.4, 0.5) is 0 Å². The summed E-state index contributed by atoms with van der Waals surface area (Å²) in [5.74, 6) is 2.37. The lowest BCUT2D eigenvalue weighted by Gasteiger charge is -2.35. The summed E-state index contributed by atoms with van der Waals surface area (Å²) in [6.45, 7) is 5.22. The molecular weight excluding hydrogens is 509 g/mol. The van der Waals surface area contributed by atoms with Crippen LogP contribution in [0, 0.1) is 0 Å². The van der Waals surface area contributed by atoms with Crippen LogP contribution in [0.15, 0.2) is 53.8 Å². The average Bonchev–Trinajstić information content (AvgIpc) is 2.82. The largest absolute Gasteiger partial charge is 0.497 e. The fourth-order valence-corrected chi connectivity index (χ4v) is 3.36. The predicted molar refractivity (Wildman–Crippen MR) is 133 cm³/mol. The van der Waals surface area contributed by atoms with Gasteiger partial charge in [-0.3, -0.25) is 14.9 Å². The fourth-order valence-electron chi connectivity index (χ4n) is 3.36. The molecule has 1 aromatic heterocycles. The van der Waals surface area contributed by atoms with Crippen LogP contribution in [0.2, 0.25) is 0 Å². The maximum atomic E-state index is 5.67. The number of benzene rings is 1. The van der Waals surface area contributed by atoms with E-state index in [2.05, 4.69) is 37.6 Å². The number of rotatable bonds is 9. The van der Waals surface area contributed by atoms with Gasteiger partial charge in [0, 0.05) is 32.9 Å². The van der Waals surface area contributed by atoms with Gasteiger partial charge in [0.2, 0.25) is 0 Å². The Kier molecular flexibility index (Phi) is 11.4. The zero-order valence-corrected chi connectivity index (χ0v) is 20.5. The first-order valence-corrected chi connectivity index (χ1v) is 10.2. The Morgan fingerprint density at radius 3 is 2.58 bits per heavy atom. The summed E-state index contributed by atoms with van der Waals surface area (Å²) in [6, 6.07) is 12.2. The molecule has 8 nitrogen and oxygen atoms in total. The zero-order chi connectivity index (χ0) is 21.0. The Morgan fingerprint density at radius 1 is 1.16 bits per heavy atom. The first-order valence-electron chi connectivity index (χ1n) is 10.2. The number of methoxy groups -OCH3 is 1. The lowest BCUT2D eigenvalue weighted by molar-refractivity contribution is 0.0170. The Morgan fingerprint density at radius 2 is 1.94 bits per heavy atom. The molecule has 0 saturated carbocycles. The number of ether oxygens (including phenoxy) is 3. The Labute approximate surface area is 201 Å². The third kappa shape index (κ3) is 8.15. The third-order valence-corrected chi connectivity index (χ3v) is 4.97. The van der Waals surface area contributed by atoms with E-state index < -0.39 is 0 Å². The Balaban J connectivity index is 0.00000341. The van der Waals surface area contributed by atoms with E-state index in [-0.39, 0.29) is 30.0 Å². The maximum absolute atomic E-state index is 5.67. The molecule has 3 rings (SSSR count). The van der Waals surface area contributed by atoms with Crippen LogP contribution in [0.25, 0.3) is 0 Å². The summed E-state index contributed by atoms with van der Waals surface area (Å²) in [7, 11) is 3.46. The molecule has 0 spiro atoms. The summed E-state index contributed by atoms with van der Waals surface area (Å²) in [4.78, 5) is 10.8. The van der Waals surface area contributed by atoms with Gasteiger partial charge in [-0.1, -0.05) is 12.1 Å². The van der Waals surface area contributed by atoms with Crippen molar-refractivity contribution in [2.75, 3.05) is 60.2 Å². The van der Waals surface area contributed by atoms with Crippen LogP contribution in [-0.2, 0) is 4.74 Å². The lowest BCUT2D eigenvalue weighted by Crippen LogP contribution is -2.46. The van der Waals surface area contributed by atoms with E-state index in [0.717, 1.165) is 50.3 Å². The molecule has 2 N–H and O–H groups in total. The monoisotopic (exact) mass is 541 g/mol. The summed E-state index contributed by atoms with van der Waals surface area (Å²) in [6.07, 6.45) is 3.43. The normalized spacial score (nSPS) is 15.5. The number of halogens is 1. The van der Waals surface area contributed by atoms with Gasteiger partial charge in [-0.15, -0.1) is 24.0 Å². The molecular formula is C22H32IN5O3. The van der Waals surface area contributed by atoms with Gasteiger partial charge in [0.1, 0.15) is 18.1 Å². The van der Waals surface area contributed by atoms with E-state index in [1.807, 2.05) is 24.3 Å². The highest BCUT2D eigenvalue weighted by molar-refractivity contribution is 14.0. The van der Waals surface area contributed by atoms with Gasteiger partial charge in [0.15, 0.2) is 5.96 Å². The highest BCUT2D eigenvalue weighted by Gasteiger charge is 2.23. The first kappa shape index (κ1) is 25.2. The van der Waals surface area contributed by atoms with Crippen molar-refractivity contribution >= 4 is 29.9 Å². The molecule has 0 aliphatic carbocycles. The molecule has 1 aliphatic heterocycles. The van der Waals surface area contributed by atoms with Gasteiger partial charge < -0.3 is 24.8 Å². The molecule has 1 aromatic carbocycles. The van der Waals surface area contributed by atoms with Crippen molar-refractivity contribution < 1.29 is 14.2 Å². The van der Waals surface area contributed by atoms with Crippen molar-refractivity contribution in [3.63, 3.8) is 0 Å². The van der Waals surface area contributed by atoms with E-state index in [9.17, 15) is 0 Å². The minimum atomic E-state index is 0. The van der Waals surface area contributed by atoms with Gasteiger partial charge in [-0.2, -0.15) is 0 Å². The molecule has 2 heterocycles. The predicted octanol–water partition coefficient (Wildman–Crippen LogP) is 2.33. The van der Waals surface area contributed by atoms with Crippen molar-refractivity contribution in [3.8, 4) is 11.5 Å². The number of hydrogen-bond donors (Lipinski definition) is 2. The van der Waals surface area contributed by atoms with Crippen molar-refractivity contribution in [2.45, 2.75) is 6.04 Å². The minimum absolute atomic E-state index is 0. The fraction of sp³-hybridized carbons (Fsp3) is 0.455. The molecule has 9 heteroatoms.